The highest BCUT2D eigenvalue weighted by molar-refractivity contribution is 5.96. The Morgan fingerprint density at radius 3 is 2.95 bits per heavy atom. The number of benzene rings is 1. The highest BCUT2D eigenvalue weighted by atomic mass is 16.5. The van der Waals surface area contributed by atoms with Gasteiger partial charge in [0.05, 0.1) is 6.10 Å². The van der Waals surface area contributed by atoms with Gasteiger partial charge in [0, 0.05) is 24.4 Å². The number of anilines is 1. The molecule has 19 heavy (non-hydrogen) atoms. The summed E-state index contributed by atoms with van der Waals surface area (Å²) in [4.78, 5) is 12.1. The smallest absolute Gasteiger partial charge is 0.251 e. The number of aryl methyl sites for hydroxylation is 1. The molecule has 0 aromatic heterocycles. The third-order valence-corrected chi connectivity index (χ3v) is 3.40. The average Bonchev–Trinajstić information content (AvgIpc) is 2.45. The Balaban J connectivity index is 1.92. The Morgan fingerprint density at radius 2 is 2.32 bits per heavy atom. The van der Waals surface area contributed by atoms with E-state index in [1.807, 2.05) is 13.0 Å². The summed E-state index contributed by atoms with van der Waals surface area (Å²) in [6.07, 6.45) is 3.48. The van der Waals surface area contributed by atoms with Gasteiger partial charge in [-0.2, -0.15) is 0 Å². The fourth-order valence-electron chi connectivity index (χ4n) is 2.28. The molecule has 0 bridgehead atoms. The molecule has 0 spiro atoms. The topological polar surface area (TPSA) is 76.4 Å². The van der Waals surface area contributed by atoms with Crippen LogP contribution in [0.4, 0.5) is 5.69 Å². The molecule has 0 aliphatic carbocycles. The van der Waals surface area contributed by atoms with Gasteiger partial charge in [0.25, 0.3) is 5.91 Å². The van der Waals surface area contributed by atoms with Crippen molar-refractivity contribution in [3.05, 3.63) is 29.3 Å². The van der Waals surface area contributed by atoms with Gasteiger partial charge in [0.15, 0.2) is 0 Å². The number of nitrogens with one attached hydrogen (secondary N) is 2. The van der Waals surface area contributed by atoms with Crippen molar-refractivity contribution in [2.24, 2.45) is 5.84 Å². The van der Waals surface area contributed by atoms with Crippen molar-refractivity contribution in [2.45, 2.75) is 32.3 Å². The molecular formula is C14H21N3O2. The predicted octanol–water partition coefficient (Wildman–Crippen LogP) is 1.58. The molecule has 1 aliphatic rings. The largest absolute Gasteiger partial charge is 0.376 e. The van der Waals surface area contributed by atoms with Crippen LogP contribution in [0.5, 0.6) is 0 Å². The van der Waals surface area contributed by atoms with Gasteiger partial charge in [-0.25, -0.2) is 0 Å². The van der Waals surface area contributed by atoms with Crippen LogP contribution in [0, 0.1) is 6.92 Å². The van der Waals surface area contributed by atoms with Crippen molar-refractivity contribution >= 4 is 11.6 Å². The predicted molar refractivity (Wildman–Crippen MR) is 74.9 cm³/mol. The van der Waals surface area contributed by atoms with E-state index >= 15 is 0 Å². The zero-order valence-electron chi connectivity index (χ0n) is 11.2. The Hall–Kier alpha value is -1.59. The van der Waals surface area contributed by atoms with Crippen LogP contribution in [0.25, 0.3) is 0 Å². The van der Waals surface area contributed by atoms with Gasteiger partial charge in [-0.15, -0.1) is 0 Å². The molecular weight excluding hydrogens is 242 g/mol. The van der Waals surface area contributed by atoms with Crippen LogP contribution < -0.4 is 16.6 Å². The molecule has 1 saturated heterocycles. The van der Waals surface area contributed by atoms with Crippen molar-refractivity contribution in [3.8, 4) is 0 Å². The monoisotopic (exact) mass is 263 g/mol. The number of carbonyl (C=O) groups excluding carboxylic acids is 1. The van der Waals surface area contributed by atoms with Crippen LogP contribution in [-0.4, -0.2) is 25.2 Å². The number of hydrazine groups is 1. The van der Waals surface area contributed by atoms with Gasteiger partial charge in [0.2, 0.25) is 0 Å². The SMILES string of the molecule is Cc1cc(NN)ccc1C(=O)NCC1CCCCO1. The number of amides is 1. The van der Waals surface area contributed by atoms with Crippen LogP contribution >= 0.6 is 0 Å². The Morgan fingerprint density at radius 1 is 1.47 bits per heavy atom. The molecule has 4 N–H and O–H groups in total. The maximum atomic E-state index is 12.1. The maximum Gasteiger partial charge on any atom is 0.251 e. The minimum absolute atomic E-state index is 0.0600. The van der Waals surface area contributed by atoms with Gasteiger partial charge >= 0.3 is 0 Å². The number of ether oxygens (including phenoxy) is 1. The molecule has 2 rings (SSSR count). The fraction of sp³-hybridized carbons (Fsp3) is 0.500. The van der Waals surface area contributed by atoms with Gasteiger partial charge in [-0.05, 0) is 49.9 Å². The molecule has 5 nitrogen and oxygen atoms in total. The minimum atomic E-state index is -0.0600. The average molecular weight is 263 g/mol. The van der Waals surface area contributed by atoms with E-state index in [9.17, 15) is 4.79 Å². The molecule has 1 atom stereocenters. The highest BCUT2D eigenvalue weighted by Crippen LogP contribution is 2.15. The van der Waals surface area contributed by atoms with E-state index in [2.05, 4.69) is 10.7 Å². The van der Waals surface area contributed by atoms with E-state index in [4.69, 9.17) is 10.6 Å². The molecule has 1 heterocycles. The van der Waals surface area contributed by atoms with Crippen LogP contribution in [0.1, 0.15) is 35.2 Å². The van der Waals surface area contributed by atoms with E-state index in [1.165, 1.54) is 6.42 Å². The van der Waals surface area contributed by atoms with Gasteiger partial charge < -0.3 is 15.5 Å². The highest BCUT2D eigenvalue weighted by Gasteiger charge is 2.16. The van der Waals surface area contributed by atoms with Crippen molar-refractivity contribution in [1.29, 1.82) is 0 Å². The number of hydrogen-bond donors (Lipinski definition) is 3. The maximum absolute atomic E-state index is 12.1. The fourth-order valence-corrected chi connectivity index (χ4v) is 2.28. The van der Waals surface area contributed by atoms with Crippen LogP contribution in [0.15, 0.2) is 18.2 Å². The Kier molecular flexibility index (Phi) is 4.76. The molecule has 1 aromatic rings. The molecule has 1 aliphatic heterocycles. The molecule has 1 aromatic carbocycles. The zero-order chi connectivity index (χ0) is 13.7. The lowest BCUT2D eigenvalue weighted by Crippen LogP contribution is -2.35. The molecule has 1 fully saturated rings. The van der Waals surface area contributed by atoms with Crippen LogP contribution in [-0.2, 0) is 4.74 Å². The standard InChI is InChI=1S/C14H21N3O2/c1-10-8-11(17-15)5-6-13(10)14(18)16-9-12-4-2-3-7-19-12/h5-6,8,12,17H,2-4,7,9,15H2,1H3,(H,16,18). The van der Waals surface area contributed by atoms with E-state index in [0.717, 1.165) is 30.7 Å². The summed E-state index contributed by atoms with van der Waals surface area (Å²) in [5, 5.41) is 2.93. The lowest BCUT2D eigenvalue weighted by molar-refractivity contribution is 0.0169. The lowest BCUT2D eigenvalue weighted by atomic mass is 10.1. The van der Waals surface area contributed by atoms with E-state index in [1.54, 1.807) is 12.1 Å². The van der Waals surface area contributed by atoms with Gasteiger partial charge in [-0.3, -0.25) is 10.6 Å². The minimum Gasteiger partial charge on any atom is -0.376 e. The summed E-state index contributed by atoms with van der Waals surface area (Å²) in [5.74, 6) is 5.27. The van der Waals surface area contributed by atoms with Gasteiger partial charge in [0.1, 0.15) is 0 Å². The normalized spacial score (nSPS) is 18.9. The number of carbonyl (C=O) groups is 1. The van der Waals surface area contributed by atoms with Crippen molar-refractivity contribution in [1.82, 2.24) is 5.32 Å². The quantitative estimate of drug-likeness (QED) is 0.569. The third kappa shape index (κ3) is 3.68. The Labute approximate surface area is 113 Å². The Bertz CT molecular complexity index is 442. The molecule has 104 valence electrons. The second kappa shape index (κ2) is 6.54. The summed E-state index contributed by atoms with van der Waals surface area (Å²) in [7, 11) is 0. The molecule has 5 heteroatoms. The van der Waals surface area contributed by atoms with Crippen LogP contribution in [0.3, 0.4) is 0 Å². The first kappa shape index (κ1) is 13.8. The summed E-state index contributed by atoms with van der Waals surface area (Å²) >= 11 is 0. The summed E-state index contributed by atoms with van der Waals surface area (Å²) < 4.78 is 5.59. The van der Waals surface area contributed by atoms with Crippen LogP contribution in [0.2, 0.25) is 0 Å². The van der Waals surface area contributed by atoms with E-state index < -0.39 is 0 Å². The number of nitrogens with two attached hydrogens (primary N) is 1. The second-order valence-corrected chi connectivity index (χ2v) is 4.87. The second-order valence-electron chi connectivity index (χ2n) is 4.87. The molecule has 1 unspecified atom stereocenters. The number of nitrogen functional groups attached to an aromatic ring is 1. The molecule has 0 saturated carbocycles. The third-order valence-electron chi connectivity index (χ3n) is 3.40. The summed E-state index contributed by atoms with van der Waals surface area (Å²) in [6.45, 7) is 3.28. The number of rotatable bonds is 4. The first-order valence-corrected chi connectivity index (χ1v) is 6.68. The summed E-state index contributed by atoms with van der Waals surface area (Å²) in [6, 6.07) is 5.42. The molecule has 0 radical (unpaired) electrons. The molecule has 1 amide bonds. The summed E-state index contributed by atoms with van der Waals surface area (Å²) in [5.41, 5.74) is 4.94. The number of hydrogen-bond acceptors (Lipinski definition) is 4. The zero-order valence-corrected chi connectivity index (χ0v) is 11.2. The lowest BCUT2D eigenvalue weighted by Gasteiger charge is -2.22. The first-order chi connectivity index (χ1) is 9.20. The van der Waals surface area contributed by atoms with Crippen molar-refractivity contribution in [3.63, 3.8) is 0 Å². The van der Waals surface area contributed by atoms with E-state index in [-0.39, 0.29) is 12.0 Å². The van der Waals surface area contributed by atoms with Crippen molar-refractivity contribution < 1.29 is 9.53 Å². The van der Waals surface area contributed by atoms with Gasteiger partial charge in [-0.1, -0.05) is 0 Å². The van der Waals surface area contributed by atoms with Crippen molar-refractivity contribution in [2.75, 3.05) is 18.6 Å². The van der Waals surface area contributed by atoms with E-state index in [0.29, 0.717) is 12.1 Å². The first-order valence-electron chi connectivity index (χ1n) is 6.68.